The summed E-state index contributed by atoms with van der Waals surface area (Å²) in [5.41, 5.74) is 1.19. The van der Waals surface area contributed by atoms with E-state index in [-0.39, 0.29) is 5.92 Å². The maximum absolute atomic E-state index is 8.93. The number of nitrogens with zero attached hydrogens (tertiary/aromatic N) is 4. The zero-order valence-corrected chi connectivity index (χ0v) is 12.2. The van der Waals surface area contributed by atoms with Gasteiger partial charge in [0.15, 0.2) is 0 Å². The summed E-state index contributed by atoms with van der Waals surface area (Å²) in [5.74, 6) is 0.269. The highest BCUT2D eigenvalue weighted by molar-refractivity contribution is 5.01. The van der Waals surface area contributed by atoms with E-state index in [0.717, 1.165) is 32.5 Å². The van der Waals surface area contributed by atoms with E-state index >= 15 is 0 Å². The summed E-state index contributed by atoms with van der Waals surface area (Å²) in [4.78, 5) is 2.43. The van der Waals surface area contributed by atoms with Gasteiger partial charge in [-0.15, -0.1) is 0 Å². The number of piperidine rings is 1. The van der Waals surface area contributed by atoms with Crippen LogP contribution in [0.25, 0.3) is 0 Å². The average molecular weight is 272 g/mol. The molecule has 108 valence electrons. The molecule has 2 fully saturated rings. The van der Waals surface area contributed by atoms with Gasteiger partial charge in [-0.05, 0) is 44.8 Å². The lowest BCUT2D eigenvalue weighted by Crippen LogP contribution is -2.33. The van der Waals surface area contributed by atoms with Gasteiger partial charge < -0.3 is 0 Å². The zero-order valence-electron chi connectivity index (χ0n) is 12.2. The topological polar surface area (TPSA) is 44.9 Å². The van der Waals surface area contributed by atoms with Crippen LogP contribution in [0, 0.1) is 17.2 Å². The van der Waals surface area contributed by atoms with E-state index in [1.807, 2.05) is 0 Å². The third-order valence-electron chi connectivity index (χ3n) is 4.77. The fraction of sp³-hybridized carbons (Fsp3) is 0.750. The van der Waals surface area contributed by atoms with Gasteiger partial charge in [-0.2, -0.15) is 10.4 Å². The SMILES string of the molecule is N#CC1CCN(Cc2ccn(C3CCCCC3)n2)CC1. The Labute approximate surface area is 121 Å². The van der Waals surface area contributed by atoms with Crippen molar-refractivity contribution in [1.82, 2.24) is 14.7 Å². The second-order valence-electron chi connectivity index (χ2n) is 6.26. The first-order valence-electron chi connectivity index (χ1n) is 8.01. The highest BCUT2D eigenvalue weighted by Gasteiger charge is 2.20. The van der Waals surface area contributed by atoms with E-state index in [4.69, 9.17) is 10.4 Å². The Morgan fingerprint density at radius 3 is 2.60 bits per heavy atom. The van der Waals surface area contributed by atoms with Gasteiger partial charge in [0.25, 0.3) is 0 Å². The summed E-state index contributed by atoms with van der Waals surface area (Å²) in [6.45, 7) is 3.01. The van der Waals surface area contributed by atoms with Gasteiger partial charge in [-0.1, -0.05) is 19.3 Å². The minimum Gasteiger partial charge on any atom is -0.297 e. The van der Waals surface area contributed by atoms with Gasteiger partial charge in [0.1, 0.15) is 0 Å². The summed E-state index contributed by atoms with van der Waals surface area (Å²) >= 11 is 0. The van der Waals surface area contributed by atoms with Crippen LogP contribution in [0.15, 0.2) is 12.3 Å². The molecule has 0 N–H and O–H groups in total. The molecule has 1 aliphatic heterocycles. The summed E-state index contributed by atoms with van der Waals surface area (Å²) in [6.07, 6.45) is 10.8. The monoisotopic (exact) mass is 272 g/mol. The molecule has 2 heterocycles. The molecule has 1 saturated carbocycles. The fourth-order valence-electron chi connectivity index (χ4n) is 3.46. The van der Waals surface area contributed by atoms with E-state index in [1.165, 1.54) is 37.8 Å². The Bertz CT molecular complexity index is 459. The number of hydrogen-bond acceptors (Lipinski definition) is 3. The Balaban J connectivity index is 1.53. The molecule has 0 amide bonds. The Hall–Kier alpha value is -1.34. The predicted molar refractivity (Wildman–Crippen MR) is 78.0 cm³/mol. The number of likely N-dealkylation sites (tertiary alicyclic amines) is 1. The van der Waals surface area contributed by atoms with E-state index in [1.54, 1.807) is 0 Å². The van der Waals surface area contributed by atoms with Crippen molar-refractivity contribution in [3.63, 3.8) is 0 Å². The molecule has 0 bridgehead atoms. The molecule has 20 heavy (non-hydrogen) atoms. The first kappa shape index (κ1) is 13.6. The van der Waals surface area contributed by atoms with Gasteiger partial charge in [-0.25, -0.2) is 0 Å². The normalized spacial score (nSPS) is 22.8. The van der Waals surface area contributed by atoms with Crippen molar-refractivity contribution in [2.24, 2.45) is 5.92 Å². The number of nitriles is 1. The zero-order chi connectivity index (χ0) is 13.8. The van der Waals surface area contributed by atoms with Crippen molar-refractivity contribution in [2.75, 3.05) is 13.1 Å². The van der Waals surface area contributed by atoms with Crippen molar-refractivity contribution in [3.05, 3.63) is 18.0 Å². The molecule has 1 saturated heterocycles. The highest BCUT2D eigenvalue weighted by Crippen LogP contribution is 2.27. The second-order valence-corrected chi connectivity index (χ2v) is 6.26. The van der Waals surface area contributed by atoms with Crippen LogP contribution in [-0.2, 0) is 6.54 Å². The summed E-state index contributed by atoms with van der Waals surface area (Å²) < 4.78 is 2.19. The van der Waals surface area contributed by atoms with Crippen molar-refractivity contribution >= 4 is 0 Å². The van der Waals surface area contributed by atoms with Gasteiger partial charge in [0.2, 0.25) is 0 Å². The molecule has 0 atom stereocenters. The quantitative estimate of drug-likeness (QED) is 0.849. The van der Waals surface area contributed by atoms with E-state index in [0.29, 0.717) is 6.04 Å². The molecular weight excluding hydrogens is 248 g/mol. The number of hydrogen-bond donors (Lipinski definition) is 0. The molecule has 4 nitrogen and oxygen atoms in total. The van der Waals surface area contributed by atoms with Gasteiger partial charge >= 0.3 is 0 Å². The van der Waals surface area contributed by atoms with Crippen LogP contribution in [0.4, 0.5) is 0 Å². The van der Waals surface area contributed by atoms with Gasteiger partial charge in [-0.3, -0.25) is 9.58 Å². The van der Waals surface area contributed by atoms with Crippen molar-refractivity contribution in [1.29, 1.82) is 5.26 Å². The third kappa shape index (κ3) is 3.21. The Morgan fingerprint density at radius 1 is 1.15 bits per heavy atom. The molecule has 0 aromatic carbocycles. The molecule has 0 radical (unpaired) electrons. The lowest BCUT2D eigenvalue weighted by molar-refractivity contribution is 0.195. The molecule has 0 unspecified atom stereocenters. The van der Waals surface area contributed by atoms with Crippen molar-refractivity contribution in [2.45, 2.75) is 57.5 Å². The molecular formula is C16H24N4. The number of rotatable bonds is 3. The van der Waals surface area contributed by atoms with Crippen LogP contribution >= 0.6 is 0 Å². The standard InChI is InChI=1S/C16H24N4/c17-12-14-6-9-19(10-7-14)13-15-8-11-20(18-15)16-4-2-1-3-5-16/h8,11,14,16H,1-7,9-10,13H2. The van der Waals surface area contributed by atoms with Gasteiger partial charge in [0, 0.05) is 18.7 Å². The van der Waals surface area contributed by atoms with Crippen LogP contribution in [0.1, 0.15) is 56.7 Å². The third-order valence-corrected chi connectivity index (χ3v) is 4.77. The van der Waals surface area contributed by atoms with E-state index in [9.17, 15) is 0 Å². The summed E-state index contributed by atoms with van der Waals surface area (Å²) in [5, 5.41) is 13.7. The average Bonchev–Trinajstić information content (AvgIpc) is 2.97. The van der Waals surface area contributed by atoms with E-state index in [2.05, 4.69) is 27.9 Å². The maximum atomic E-state index is 8.93. The number of aromatic nitrogens is 2. The molecule has 0 spiro atoms. The lowest BCUT2D eigenvalue weighted by atomic mass is 9.96. The van der Waals surface area contributed by atoms with Crippen LogP contribution < -0.4 is 0 Å². The molecule has 1 aromatic rings. The Morgan fingerprint density at radius 2 is 1.90 bits per heavy atom. The van der Waals surface area contributed by atoms with Crippen LogP contribution in [-0.4, -0.2) is 27.8 Å². The molecule has 1 aliphatic carbocycles. The summed E-state index contributed by atoms with van der Waals surface area (Å²) in [7, 11) is 0. The minimum absolute atomic E-state index is 0.269. The Kier molecular flexibility index (Phi) is 4.37. The maximum Gasteiger partial charge on any atom is 0.0764 e. The largest absolute Gasteiger partial charge is 0.297 e. The van der Waals surface area contributed by atoms with Crippen LogP contribution in [0.5, 0.6) is 0 Å². The van der Waals surface area contributed by atoms with Crippen LogP contribution in [0.2, 0.25) is 0 Å². The van der Waals surface area contributed by atoms with Gasteiger partial charge in [0.05, 0.1) is 17.8 Å². The van der Waals surface area contributed by atoms with Crippen molar-refractivity contribution < 1.29 is 0 Å². The van der Waals surface area contributed by atoms with Crippen LogP contribution in [0.3, 0.4) is 0 Å². The van der Waals surface area contributed by atoms with E-state index < -0.39 is 0 Å². The molecule has 3 rings (SSSR count). The first-order chi connectivity index (χ1) is 9.85. The fourth-order valence-corrected chi connectivity index (χ4v) is 3.46. The molecule has 2 aliphatic rings. The second kappa shape index (κ2) is 6.41. The highest BCUT2D eigenvalue weighted by atomic mass is 15.3. The lowest BCUT2D eigenvalue weighted by Gasteiger charge is -2.28. The molecule has 4 heteroatoms. The molecule has 1 aromatic heterocycles. The summed E-state index contributed by atoms with van der Waals surface area (Å²) in [6, 6.07) is 5.19. The predicted octanol–water partition coefficient (Wildman–Crippen LogP) is 3.12. The smallest absolute Gasteiger partial charge is 0.0764 e. The minimum atomic E-state index is 0.269. The van der Waals surface area contributed by atoms with Crippen molar-refractivity contribution in [3.8, 4) is 6.07 Å². The first-order valence-corrected chi connectivity index (χ1v) is 8.01.